The number of aromatic nitrogens is 5. The number of aryl methyl sites for hydroxylation is 1. The quantitative estimate of drug-likeness (QED) is 0.788. The number of aromatic amines is 1. The number of hydrogen-bond donors (Lipinski definition) is 1. The molecular formula is C18H29N7. The van der Waals surface area contributed by atoms with Crippen molar-refractivity contribution >= 4 is 0 Å². The molecule has 0 amide bonds. The Morgan fingerprint density at radius 1 is 1.28 bits per heavy atom. The standard InChI is InChI=1S/C18H29N7/c1-23(13-17-21-22-18(24(17)2)15-5-6-15)16-7-9-25(12-16)8-3-4-14-10-19-20-11-14/h10-11,15-16H,3-9,12-13H2,1-2H3,(H,19,20)/t16-/m1/s1. The van der Waals surface area contributed by atoms with Gasteiger partial charge in [-0.05, 0) is 57.8 Å². The van der Waals surface area contributed by atoms with E-state index in [1.54, 1.807) is 0 Å². The van der Waals surface area contributed by atoms with Gasteiger partial charge in [-0.2, -0.15) is 5.10 Å². The summed E-state index contributed by atoms with van der Waals surface area (Å²) in [6, 6.07) is 0.620. The topological polar surface area (TPSA) is 65.9 Å². The van der Waals surface area contributed by atoms with Crippen molar-refractivity contribution in [3.63, 3.8) is 0 Å². The Bertz CT molecular complexity index is 674. The predicted octanol–water partition coefficient (Wildman–Crippen LogP) is 1.55. The maximum atomic E-state index is 4.43. The van der Waals surface area contributed by atoms with E-state index in [1.165, 1.54) is 50.2 Å². The number of likely N-dealkylation sites (N-methyl/N-ethyl adjacent to an activating group) is 1. The summed E-state index contributed by atoms with van der Waals surface area (Å²) in [5.74, 6) is 2.94. The van der Waals surface area contributed by atoms with Gasteiger partial charge < -0.3 is 9.47 Å². The lowest BCUT2D eigenvalue weighted by atomic mass is 10.2. The van der Waals surface area contributed by atoms with E-state index in [0.717, 1.165) is 25.3 Å². The molecule has 2 fully saturated rings. The molecule has 4 rings (SSSR count). The highest BCUT2D eigenvalue weighted by Crippen LogP contribution is 2.38. The molecule has 7 nitrogen and oxygen atoms in total. The van der Waals surface area contributed by atoms with Crippen LogP contribution in [0.1, 0.15) is 48.8 Å². The van der Waals surface area contributed by atoms with Gasteiger partial charge in [0.15, 0.2) is 0 Å². The minimum Gasteiger partial charge on any atom is -0.317 e. The average molecular weight is 343 g/mol. The van der Waals surface area contributed by atoms with E-state index in [0.29, 0.717) is 12.0 Å². The molecule has 1 saturated carbocycles. The minimum absolute atomic E-state index is 0.620. The van der Waals surface area contributed by atoms with Gasteiger partial charge in [-0.3, -0.25) is 10.00 Å². The van der Waals surface area contributed by atoms with Crippen LogP contribution in [0.15, 0.2) is 12.4 Å². The highest BCUT2D eigenvalue weighted by molar-refractivity contribution is 5.08. The number of H-pyrrole nitrogens is 1. The van der Waals surface area contributed by atoms with Crippen molar-refractivity contribution in [3.8, 4) is 0 Å². The van der Waals surface area contributed by atoms with Crippen molar-refractivity contribution in [2.75, 3.05) is 26.7 Å². The van der Waals surface area contributed by atoms with Crippen LogP contribution in [0.5, 0.6) is 0 Å². The monoisotopic (exact) mass is 343 g/mol. The predicted molar refractivity (Wildman–Crippen MR) is 96.2 cm³/mol. The third kappa shape index (κ3) is 3.93. The number of likely N-dealkylation sites (tertiary alicyclic amines) is 1. The molecule has 1 saturated heterocycles. The molecule has 2 aliphatic rings. The molecule has 1 aliphatic heterocycles. The van der Waals surface area contributed by atoms with Crippen LogP contribution in [0.3, 0.4) is 0 Å². The summed E-state index contributed by atoms with van der Waals surface area (Å²) in [4.78, 5) is 5.05. The second-order valence-electron chi connectivity index (χ2n) is 7.68. The highest BCUT2D eigenvalue weighted by Gasteiger charge is 2.30. The zero-order chi connectivity index (χ0) is 17.2. The normalized spacial score (nSPS) is 21.5. The molecule has 1 atom stereocenters. The molecular weight excluding hydrogens is 314 g/mol. The van der Waals surface area contributed by atoms with Crippen molar-refractivity contribution in [3.05, 3.63) is 29.6 Å². The van der Waals surface area contributed by atoms with Crippen molar-refractivity contribution in [2.45, 2.75) is 50.6 Å². The largest absolute Gasteiger partial charge is 0.317 e. The summed E-state index contributed by atoms with van der Waals surface area (Å²) in [5.41, 5.74) is 1.31. The second-order valence-corrected chi connectivity index (χ2v) is 7.68. The van der Waals surface area contributed by atoms with Crippen LogP contribution >= 0.6 is 0 Å². The average Bonchev–Trinajstić information content (AvgIpc) is 3.01. The van der Waals surface area contributed by atoms with Crippen molar-refractivity contribution in [1.82, 2.24) is 34.8 Å². The maximum absolute atomic E-state index is 4.43. The van der Waals surface area contributed by atoms with Crippen LogP contribution in [0, 0.1) is 0 Å². The first-order valence-corrected chi connectivity index (χ1v) is 9.49. The van der Waals surface area contributed by atoms with Gasteiger partial charge in [-0.15, -0.1) is 10.2 Å². The van der Waals surface area contributed by atoms with Crippen LogP contribution in [0.25, 0.3) is 0 Å². The first-order chi connectivity index (χ1) is 12.2. The number of rotatable bonds is 8. The van der Waals surface area contributed by atoms with E-state index in [1.807, 2.05) is 12.4 Å². The van der Waals surface area contributed by atoms with Gasteiger partial charge in [0.1, 0.15) is 11.6 Å². The van der Waals surface area contributed by atoms with E-state index >= 15 is 0 Å². The van der Waals surface area contributed by atoms with Crippen molar-refractivity contribution in [1.29, 1.82) is 0 Å². The molecule has 0 radical (unpaired) electrons. The van der Waals surface area contributed by atoms with E-state index in [4.69, 9.17) is 0 Å². The van der Waals surface area contributed by atoms with E-state index in [9.17, 15) is 0 Å². The van der Waals surface area contributed by atoms with Gasteiger partial charge in [-0.1, -0.05) is 0 Å². The van der Waals surface area contributed by atoms with Gasteiger partial charge in [0, 0.05) is 31.7 Å². The zero-order valence-electron chi connectivity index (χ0n) is 15.4. The minimum atomic E-state index is 0.620. The van der Waals surface area contributed by atoms with Crippen LogP contribution in [0.2, 0.25) is 0 Å². The summed E-state index contributed by atoms with van der Waals surface area (Å²) in [5, 5.41) is 15.7. The smallest absolute Gasteiger partial charge is 0.146 e. The summed E-state index contributed by atoms with van der Waals surface area (Å²) in [6.45, 7) is 4.43. The fourth-order valence-electron chi connectivity index (χ4n) is 3.86. The summed E-state index contributed by atoms with van der Waals surface area (Å²) in [7, 11) is 4.35. The number of nitrogens with zero attached hydrogens (tertiary/aromatic N) is 6. The van der Waals surface area contributed by atoms with Gasteiger partial charge in [-0.25, -0.2) is 0 Å². The SMILES string of the molecule is CN(Cc1nnc(C2CC2)n1C)[C@@H]1CCN(CCCc2cn[nH]c2)C1. The van der Waals surface area contributed by atoms with Crippen LogP contribution < -0.4 is 0 Å². The molecule has 0 unspecified atom stereocenters. The van der Waals surface area contributed by atoms with Gasteiger partial charge >= 0.3 is 0 Å². The lowest BCUT2D eigenvalue weighted by Crippen LogP contribution is -2.35. The molecule has 0 aromatic carbocycles. The van der Waals surface area contributed by atoms with Crippen molar-refractivity contribution in [2.24, 2.45) is 7.05 Å². The Morgan fingerprint density at radius 2 is 2.16 bits per heavy atom. The van der Waals surface area contributed by atoms with Gasteiger partial charge in [0.25, 0.3) is 0 Å². The summed E-state index contributed by atoms with van der Waals surface area (Å²) >= 11 is 0. The molecule has 7 heteroatoms. The molecule has 2 aromatic rings. The Balaban J connectivity index is 1.23. The van der Waals surface area contributed by atoms with Crippen molar-refractivity contribution < 1.29 is 0 Å². The molecule has 3 heterocycles. The third-order valence-electron chi connectivity index (χ3n) is 5.70. The highest BCUT2D eigenvalue weighted by atomic mass is 15.3. The summed E-state index contributed by atoms with van der Waals surface area (Å²) < 4.78 is 2.21. The fourth-order valence-corrected chi connectivity index (χ4v) is 3.86. The maximum Gasteiger partial charge on any atom is 0.146 e. The van der Waals surface area contributed by atoms with Crippen LogP contribution in [0.4, 0.5) is 0 Å². The van der Waals surface area contributed by atoms with Gasteiger partial charge in [0.05, 0.1) is 12.7 Å². The molecule has 1 N–H and O–H groups in total. The first kappa shape index (κ1) is 16.7. The van der Waals surface area contributed by atoms with E-state index in [2.05, 4.69) is 48.9 Å². The number of hydrogen-bond acceptors (Lipinski definition) is 5. The fraction of sp³-hybridized carbons (Fsp3) is 0.722. The lowest BCUT2D eigenvalue weighted by molar-refractivity contribution is 0.218. The Morgan fingerprint density at radius 3 is 2.92 bits per heavy atom. The Kier molecular flexibility index (Phi) is 4.85. The number of nitrogens with one attached hydrogen (secondary N) is 1. The van der Waals surface area contributed by atoms with Crippen LogP contribution in [-0.2, 0) is 20.0 Å². The third-order valence-corrected chi connectivity index (χ3v) is 5.70. The molecule has 1 aliphatic carbocycles. The van der Waals surface area contributed by atoms with Gasteiger partial charge in [0.2, 0.25) is 0 Å². The first-order valence-electron chi connectivity index (χ1n) is 9.49. The lowest BCUT2D eigenvalue weighted by Gasteiger charge is -2.24. The zero-order valence-corrected chi connectivity index (χ0v) is 15.4. The summed E-state index contributed by atoms with van der Waals surface area (Å²) in [6.07, 6.45) is 10.0. The molecule has 0 spiro atoms. The second kappa shape index (κ2) is 7.25. The Hall–Kier alpha value is -1.73. The Labute approximate surface area is 149 Å². The molecule has 136 valence electrons. The molecule has 0 bridgehead atoms. The van der Waals surface area contributed by atoms with Crippen LogP contribution in [-0.4, -0.2) is 67.5 Å². The molecule has 25 heavy (non-hydrogen) atoms. The van der Waals surface area contributed by atoms with E-state index in [-0.39, 0.29) is 0 Å². The van der Waals surface area contributed by atoms with E-state index < -0.39 is 0 Å². The molecule has 2 aromatic heterocycles.